The van der Waals surface area contributed by atoms with Gasteiger partial charge in [0.15, 0.2) is 0 Å². The minimum atomic E-state index is -0.845. The molecule has 138 valence electrons. The topological polar surface area (TPSA) is 37.3 Å². The summed E-state index contributed by atoms with van der Waals surface area (Å²) >= 11 is 0. The smallest absolute Gasteiger partial charge is 0.311 e. The first-order valence-electron chi connectivity index (χ1n) is 9.22. The van der Waals surface area contributed by atoms with Gasteiger partial charge in [-0.1, -0.05) is 58.0 Å². The number of carbonyl (C=O) groups is 1. The normalized spacial score (nSPS) is 18.8. The monoisotopic (exact) mass is 354 g/mol. The molecule has 2 nitrogen and oxygen atoms in total. The Balaban J connectivity index is 2.01. The average molecular weight is 354 g/mol. The van der Waals surface area contributed by atoms with Crippen molar-refractivity contribution in [1.29, 1.82) is 0 Å². The van der Waals surface area contributed by atoms with E-state index in [1.54, 1.807) is 12.1 Å². The lowest BCUT2D eigenvalue weighted by Crippen LogP contribution is -2.34. The van der Waals surface area contributed by atoms with Gasteiger partial charge in [-0.3, -0.25) is 4.79 Å². The van der Waals surface area contributed by atoms with E-state index in [0.29, 0.717) is 6.42 Å². The summed E-state index contributed by atoms with van der Waals surface area (Å²) in [6.07, 6.45) is 2.58. The minimum absolute atomic E-state index is 0.0415. The zero-order valence-corrected chi connectivity index (χ0v) is 16.0. The second-order valence-corrected chi connectivity index (χ2v) is 8.79. The third-order valence-electron chi connectivity index (χ3n) is 5.93. The van der Waals surface area contributed by atoms with Crippen LogP contribution in [0.25, 0.3) is 0 Å². The van der Waals surface area contributed by atoms with Gasteiger partial charge in [0, 0.05) is 0 Å². The Morgan fingerprint density at radius 3 is 2.15 bits per heavy atom. The van der Waals surface area contributed by atoms with Crippen molar-refractivity contribution in [1.82, 2.24) is 0 Å². The van der Waals surface area contributed by atoms with Gasteiger partial charge in [0.1, 0.15) is 5.82 Å². The predicted molar refractivity (Wildman–Crippen MR) is 102 cm³/mol. The number of rotatable bonds is 4. The molecule has 1 aliphatic carbocycles. The number of carboxylic acid groups (broad SMARTS) is 1. The molecule has 0 aliphatic heterocycles. The highest BCUT2D eigenvalue weighted by Crippen LogP contribution is 2.46. The summed E-state index contributed by atoms with van der Waals surface area (Å²) in [5.74, 6) is -1.79. The maximum Gasteiger partial charge on any atom is 0.311 e. The number of fused-ring (bicyclic) bond motifs is 1. The number of aliphatic carboxylic acids is 1. The van der Waals surface area contributed by atoms with Gasteiger partial charge in [0.2, 0.25) is 0 Å². The molecule has 0 spiro atoms. The Labute approximate surface area is 155 Å². The summed E-state index contributed by atoms with van der Waals surface area (Å²) in [6.45, 7) is 8.99. The van der Waals surface area contributed by atoms with Crippen molar-refractivity contribution in [3.8, 4) is 0 Å². The first kappa shape index (κ1) is 18.6. The van der Waals surface area contributed by atoms with Crippen LogP contribution < -0.4 is 0 Å². The number of carboxylic acids is 1. The molecule has 0 saturated heterocycles. The van der Waals surface area contributed by atoms with Crippen LogP contribution in [0.3, 0.4) is 0 Å². The maximum atomic E-state index is 13.1. The molecule has 2 aromatic rings. The molecule has 2 aromatic carbocycles. The molecule has 0 aromatic heterocycles. The Bertz CT molecular complexity index is 819. The number of benzene rings is 2. The number of hydrogen-bond acceptors (Lipinski definition) is 1. The van der Waals surface area contributed by atoms with E-state index in [1.165, 1.54) is 23.3 Å². The Morgan fingerprint density at radius 2 is 1.58 bits per heavy atom. The summed E-state index contributed by atoms with van der Waals surface area (Å²) < 4.78 is 13.1. The fourth-order valence-corrected chi connectivity index (χ4v) is 4.03. The van der Waals surface area contributed by atoms with Crippen LogP contribution in [0.2, 0.25) is 0 Å². The van der Waals surface area contributed by atoms with Gasteiger partial charge in [-0.2, -0.15) is 0 Å². The molecule has 0 fully saturated rings. The Hall–Kier alpha value is -2.16. The SMILES string of the molecule is CC1(C)CCC(C)(C)c2cc([C@H](Cc3ccc(F)cc3)C(=O)O)ccc21. The van der Waals surface area contributed by atoms with Crippen LogP contribution in [-0.4, -0.2) is 11.1 Å². The van der Waals surface area contributed by atoms with E-state index >= 15 is 0 Å². The van der Waals surface area contributed by atoms with Crippen molar-refractivity contribution in [2.24, 2.45) is 0 Å². The molecule has 0 unspecified atom stereocenters. The van der Waals surface area contributed by atoms with Gasteiger partial charge in [-0.25, -0.2) is 4.39 Å². The third kappa shape index (κ3) is 3.53. The predicted octanol–water partition coefficient (Wildman–Crippen LogP) is 5.59. The summed E-state index contributed by atoms with van der Waals surface area (Å²) in [6, 6.07) is 12.3. The van der Waals surface area contributed by atoms with E-state index in [2.05, 4.69) is 39.8 Å². The first-order chi connectivity index (χ1) is 12.1. The summed E-state index contributed by atoms with van der Waals surface area (Å²) in [5.41, 5.74) is 4.39. The average Bonchev–Trinajstić information content (AvgIpc) is 2.58. The van der Waals surface area contributed by atoms with Gasteiger partial charge in [0.05, 0.1) is 5.92 Å². The highest BCUT2D eigenvalue weighted by atomic mass is 19.1. The van der Waals surface area contributed by atoms with Crippen molar-refractivity contribution in [3.05, 3.63) is 70.5 Å². The van der Waals surface area contributed by atoms with Gasteiger partial charge in [0.25, 0.3) is 0 Å². The zero-order chi connectivity index (χ0) is 19.1. The Kier molecular flexibility index (Phi) is 4.68. The lowest BCUT2D eigenvalue weighted by atomic mass is 9.62. The van der Waals surface area contributed by atoms with Crippen LogP contribution in [0.15, 0.2) is 42.5 Å². The summed E-state index contributed by atoms with van der Waals surface area (Å²) in [7, 11) is 0. The van der Waals surface area contributed by atoms with Gasteiger partial charge < -0.3 is 5.11 Å². The van der Waals surface area contributed by atoms with Gasteiger partial charge in [-0.05, 0) is 64.5 Å². The molecule has 0 bridgehead atoms. The quantitative estimate of drug-likeness (QED) is 0.777. The van der Waals surface area contributed by atoms with Crippen molar-refractivity contribution >= 4 is 5.97 Å². The molecular formula is C23H27FO2. The Morgan fingerprint density at radius 1 is 1.00 bits per heavy atom. The van der Waals surface area contributed by atoms with E-state index in [1.807, 2.05) is 6.07 Å². The molecule has 0 saturated carbocycles. The van der Waals surface area contributed by atoms with Gasteiger partial charge in [-0.15, -0.1) is 0 Å². The second-order valence-electron chi connectivity index (χ2n) is 8.79. The van der Waals surface area contributed by atoms with E-state index in [0.717, 1.165) is 24.0 Å². The summed E-state index contributed by atoms with van der Waals surface area (Å²) in [4.78, 5) is 12.0. The fourth-order valence-electron chi connectivity index (χ4n) is 4.03. The van der Waals surface area contributed by atoms with Crippen molar-refractivity contribution < 1.29 is 14.3 Å². The molecule has 26 heavy (non-hydrogen) atoms. The van der Waals surface area contributed by atoms with Crippen molar-refractivity contribution in [2.45, 2.75) is 63.7 Å². The third-order valence-corrected chi connectivity index (χ3v) is 5.93. The molecule has 3 rings (SSSR count). The molecule has 3 heteroatoms. The highest BCUT2D eigenvalue weighted by Gasteiger charge is 2.37. The van der Waals surface area contributed by atoms with Crippen LogP contribution >= 0.6 is 0 Å². The van der Waals surface area contributed by atoms with Crippen LogP contribution in [0.1, 0.15) is 68.7 Å². The van der Waals surface area contributed by atoms with E-state index < -0.39 is 11.9 Å². The molecule has 1 aliphatic rings. The van der Waals surface area contributed by atoms with E-state index in [4.69, 9.17) is 0 Å². The van der Waals surface area contributed by atoms with Gasteiger partial charge >= 0.3 is 5.97 Å². The first-order valence-corrected chi connectivity index (χ1v) is 9.22. The summed E-state index contributed by atoms with van der Waals surface area (Å²) in [5, 5.41) is 9.81. The lowest BCUT2D eigenvalue weighted by Gasteiger charge is -2.42. The largest absolute Gasteiger partial charge is 0.481 e. The molecule has 1 atom stereocenters. The standard InChI is InChI=1S/C23H27FO2/c1-22(2)11-12-23(3,4)20-14-16(7-10-19(20)22)18(21(25)26)13-15-5-8-17(24)9-6-15/h5-10,14,18H,11-13H2,1-4H3,(H,25,26)/t18-/m0/s1. The molecule has 1 N–H and O–H groups in total. The number of hydrogen-bond donors (Lipinski definition) is 1. The zero-order valence-electron chi connectivity index (χ0n) is 16.0. The lowest BCUT2D eigenvalue weighted by molar-refractivity contribution is -0.138. The maximum absolute atomic E-state index is 13.1. The minimum Gasteiger partial charge on any atom is -0.481 e. The van der Waals surface area contributed by atoms with Crippen LogP contribution in [0, 0.1) is 5.82 Å². The van der Waals surface area contributed by atoms with E-state index in [-0.39, 0.29) is 16.6 Å². The highest BCUT2D eigenvalue weighted by molar-refractivity contribution is 5.76. The second kappa shape index (κ2) is 6.53. The van der Waals surface area contributed by atoms with Crippen LogP contribution in [-0.2, 0) is 22.0 Å². The van der Waals surface area contributed by atoms with Crippen LogP contribution in [0.4, 0.5) is 4.39 Å². The van der Waals surface area contributed by atoms with E-state index in [9.17, 15) is 14.3 Å². The molecule has 0 amide bonds. The molecule has 0 radical (unpaired) electrons. The number of halogens is 1. The molecular weight excluding hydrogens is 327 g/mol. The molecule has 0 heterocycles. The van der Waals surface area contributed by atoms with Crippen molar-refractivity contribution in [2.75, 3.05) is 0 Å². The fraction of sp³-hybridized carbons (Fsp3) is 0.435. The van der Waals surface area contributed by atoms with Crippen LogP contribution in [0.5, 0.6) is 0 Å². The van der Waals surface area contributed by atoms with Crippen molar-refractivity contribution in [3.63, 3.8) is 0 Å².